The fourth-order valence-corrected chi connectivity index (χ4v) is 5.38. The van der Waals surface area contributed by atoms with E-state index in [1.165, 1.54) is 18.5 Å². The summed E-state index contributed by atoms with van der Waals surface area (Å²) in [5.41, 5.74) is 6.15. The van der Waals surface area contributed by atoms with E-state index >= 15 is 0 Å². The maximum Gasteiger partial charge on any atom is 0.228 e. The predicted molar refractivity (Wildman–Crippen MR) is 130 cm³/mol. The van der Waals surface area contributed by atoms with E-state index in [0.29, 0.717) is 17.8 Å². The van der Waals surface area contributed by atoms with Crippen molar-refractivity contribution in [2.75, 3.05) is 31.5 Å². The Hall–Kier alpha value is -2.60. The third kappa shape index (κ3) is 4.45. The Morgan fingerprint density at radius 1 is 1.18 bits per heavy atom. The van der Waals surface area contributed by atoms with Crippen LogP contribution in [0.25, 0.3) is 16.8 Å². The summed E-state index contributed by atoms with van der Waals surface area (Å²) in [5, 5.41) is 4.82. The van der Waals surface area contributed by atoms with Crippen LogP contribution in [0.15, 0.2) is 36.5 Å². The number of aryl methyl sites for hydroxylation is 2. The van der Waals surface area contributed by atoms with Gasteiger partial charge in [-0.05, 0) is 74.8 Å². The van der Waals surface area contributed by atoms with Gasteiger partial charge in [-0.3, -0.25) is 0 Å². The number of aromatic nitrogens is 2. The molecule has 5 nitrogen and oxygen atoms in total. The molecule has 2 aromatic heterocycles. The van der Waals surface area contributed by atoms with Crippen molar-refractivity contribution in [3.8, 4) is 17.0 Å². The van der Waals surface area contributed by atoms with E-state index in [4.69, 9.17) is 14.6 Å². The smallest absolute Gasteiger partial charge is 0.228 e. The molecule has 0 amide bonds. The standard InChI is InChI=1S/C27H34FN3O2/c1-4-25-21(10-11-32-25)16-30(15-20-8-9-20)24-14-29-31-22(24)6-5-7-23(31)27-19(3)12-18(2)13-26(27)33-17-28/h5-7,12-14,20-21,25H,4,8-11,15-17H2,1-3H3. The summed E-state index contributed by atoms with van der Waals surface area (Å²) < 4.78 is 26.6. The van der Waals surface area contributed by atoms with Crippen LogP contribution in [0, 0.1) is 25.7 Å². The molecule has 1 aromatic carbocycles. The number of rotatable bonds is 9. The molecule has 0 bridgehead atoms. The number of fused-ring (bicyclic) bond motifs is 1. The van der Waals surface area contributed by atoms with E-state index in [9.17, 15) is 4.39 Å². The number of pyridine rings is 1. The van der Waals surface area contributed by atoms with Gasteiger partial charge >= 0.3 is 0 Å². The summed E-state index contributed by atoms with van der Waals surface area (Å²) in [7, 11) is 0. The van der Waals surface area contributed by atoms with E-state index in [-0.39, 0.29) is 0 Å². The van der Waals surface area contributed by atoms with Crippen LogP contribution in [0.4, 0.5) is 10.1 Å². The van der Waals surface area contributed by atoms with Crippen LogP contribution in [0.1, 0.15) is 43.7 Å². The van der Waals surface area contributed by atoms with Crippen LogP contribution >= 0.6 is 0 Å². The first-order valence-electron chi connectivity index (χ1n) is 12.2. The summed E-state index contributed by atoms with van der Waals surface area (Å²) in [6.45, 7) is 8.34. The third-order valence-electron chi connectivity index (χ3n) is 7.15. The molecule has 2 unspecified atom stereocenters. The molecule has 2 aliphatic rings. The topological polar surface area (TPSA) is 39.0 Å². The van der Waals surface area contributed by atoms with Crippen molar-refractivity contribution in [1.82, 2.24) is 9.61 Å². The molecule has 5 rings (SSSR count). The van der Waals surface area contributed by atoms with Crippen LogP contribution in [0.2, 0.25) is 0 Å². The van der Waals surface area contributed by atoms with Gasteiger partial charge in [0.2, 0.25) is 6.86 Å². The average Bonchev–Trinajstić information content (AvgIpc) is 3.31. The lowest BCUT2D eigenvalue weighted by atomic mass is 9.98. The Kier molecular flexibility index (Phi) is 6.28. The highest BCUT2D eigenvalue weighted by molar-refractivity contribution is 5.79. The molecule has 33 heavy (non-hydrogen) atoms. The maximum atomic E-state index is 13.2. The van der Waals surface area contributed by atoms with E-state index < -0.39 is 6.86 Å². The number of benzene rings is 1. The summed E-state index contributed by atoms with van der Waals surface area (Å²) in [4.78, 5) is 2.53. The molecule has 0 radical (unpaired) electrons. The number of hydrogen-bond donors (Lipinski definition) is 0. The van der Waals surface area contributed by atoms with Crippen molar-refractivity contribution in [2.45, 2.75) is 52.6 Å². The first kappa shape index (κ1) is 22.2. The zero-order valence-corrected chi connectivity index (χ0v) is 19.9. The Morgan fingerprint density at radius 2 is 2.03 bits per heavy atom. The maximum absolute atomic E-state index is 13.2. The van der Waals surface area contributed by atoms with Gasteiger partial charge < -0.3 is 14.4 Å². The summed E-state index contributed by atoms with van der Waals surface area (Å²) in [6, 6.07) is 10.2. The molecule has 1 saturated carbocycles. The summed E-state index contributed by atoms with van der Waals surface area (Å²) in [6.07, 6.45) is 7.15. The average molecular weight is 452 g/mol. The molecule has 2 fully saturated rings. The minimum absolute atomic E-state index is 0.347. The largest absolute Gasteiger partial charge is 0.462 e. The normalized spacial score (nSPS) is 20.5. The molecular formula is C27H34FN3O2. The minimum Gasteiger partial charge on any atom is -0.462 e. The second-order valence-electron chi connectivity index (χ2n) is 9.66. The lowest BCUT2D eigenvalue weighted by Gasteiger charge is -2.29. The number of nitrogens with zero attached hydrogens (tertiary/aromatic N) is 3. The lowest BCUT2D eigenvalue weighted by molar-refractivity contribution is 0.0887. The van der Waals surface area contributed by atoms with Gasteiger partial charge in [-0.2, -0.15) is 5.10 Å². The Balaban J connectivity index is 1.55. The van der Waals surface area contributed by atoms with Crippen molar-refractivity contribution >= 4 is 11.2 Å². The Morgan fingerprint density at radius 3 is 2.79 bits per heavy atom. The number of ether oxygens (including phenoxy) is 2. The molecule has 0 spiro atoms. The highest BCUT2D eigenvalue weighted by Crippen LogP contribution is 2.38. The molecule has 0 N–H and O–H groups in total. The minimum atomic E-state index is -0.854. The van der Waals surface area contributed by atoms with E-state index in [1.807, 2.05) is 36.7 Å². The summed E-state index contributed by atoms with van der Waals surface area (Å²) in [5.74, 6) is 1.88. The van der Waals surface area contributed by atoms with Gasteiger partial charge in [0.1, 0.15) is 5.75 Å². The molecule has 3 aromatic rings. The van der Waals surface area contributed by atoms with E-state index in [0.717, 1.165) is 66.4 Å². The highest BCUT2D eigenvalue weighted by atomic mass is 19.1. The lowest BCUT2D eigenvalue weighted by Crippen LogP contribution is -2.34. The van der Waals surface area contributed by atoms with Crippen molar-refractivity contribution in [3.05, 3.63) is 47.7 Å². The van der Waals surface area contributed by atoms with Gasteiger partial charge in [-0.25, -0.2) is 8.91 Å². The first-order valence-corrected chi connectivity index (χ1v) is 12.2. The van der Waals surface area contributed by atoms with Crippen LogP contribution < -0.4 is 9.64 Å². The van der Waals surface area contributed by atoms with Gasteiger partial charge in [-0.1, -0.05) is 19.1 Å². The van der Waals surface area contributed by atoms with Crippen molar-refractivity contribution in [3.63, 3.8) is 0 Å². The first-order chi connectivity index (χ1) is 16.1. The SMILES string of the molecule is CCC1OCCC1CN(CC1CC1)c1cnn2c(-c3c(C)cc(C)cc3OCF)cccc12. The van der Waals surface area contributed by atoms with Crippen LogP contribution in [-0.2, 0) is 4.74 Å². The molecule has 6 heteroatoms. The molecule has 1 saturated heterocycles. The van der Waals surface area contributed by atoms with Crippen LogP contribution in [0.3, 0.4) is 0 Å². The number of halogens is 1. The molecule has 1 aliphatic heterocycles. The van der Waals surface area contributed by atoms with E-state index in [2.05, 4.69) is 30.0 Å². The summed E-state index contributed by atoms with van der Waals surface area (Å²) >= 11 is 0. The fourth-order valence-electron chi connectivity index (χ4n) is 5.38. The second kappa shape index (κ2) is 9.34. The molecular weight excluding hydrogens is 417 g/mol. The van der Waals surface area contributed by atoms with Gasteiger partial charge in [0.25, 0.3) is 0 Å². The van der Waals surface area contributed by atoms with Crippen LogP contribution in [0.5, 0.6) is 5.75 Å². The van der Waals surface area contributed by atoms with Crippen molar-refractivity contribution < 1.29 is 13.9 Å². The molecule has 1 aliphatic carbocycles. The van der Waals surface area contributed by atoms with Crippen LogP contribution in [-0.4, -0.2) is 42.3 Å². The predicted octanol–water partition coefficient (Wildman–Crippen LogP) is 5.96. The monoisotopic (exact) mass is 451 g/mol. The second-order valence-corrected chi connectivity index (χ2v) is 9.66. The molecule has 176 valence electrons. The van der Waals surface area contributed by atoms with Gasteiger partial charge in [-0.15, -0.1) is 0 Å². The number of hydrogen-bond acceptors (Lipinski definition) is 4. The number of anilines is 1. The molecule has 3 heterocycles. The molecule has 2 atom stereocenters. The van der Waals surface area contributed by atoms with Gasteiger partial charge in [0, 0.05) is 31.2 Å². The Bertz CT molecular complexity index is 1120. The van der Waals surface area contributed by atoms with E-state index in [1.54, 1.807) is 0 Å². The third-order valence-corrected chi connectivity index (χ3v) is 7.15. The highest BCUT2D eigenvalue weighted by Gasteiger charge is 2.32. The van der Waals surface area contributed by atoms with Crippen molar-refractivity contribution in [1.29, 1.82) is 0 Å². The Labute approximate surface area is 195 Å². The van der Waals surface area contributed by atoms with Gasteiger partial charge in [0.05, 0.1) is 29.2 Å². The zero-order chi connectivity index (χ0) is 22.9. The quantitative estimate of drug-likeness (QED) is 0.403. The van der Waals surface area contributed by atoms with Gasteiger partial charge in [0.15, 0.2) is 0 Å². The zero-order valence-electron chi connectivity index (χ0n) is 19.9. The van der Waals surface area contributed by atoms with Crippen molar-refractivity contribution in [2.24, 2.45) is 11.8 Å². The number of alkyl halides is 1. The fraction of sp³-hybridized carbons (Fsp3) is 0.519.